The number of ether oxygens (including phenoxy) is 1. The predicted molar refractivity (Wildman–Crippen MR) is 145 cm³/mol. The molecular weight excluding hydrogens is 448 g/mol. The van der Waals surface area contributed by atoms with Gasteiger partial charge in [0.05, 0.1) is 0 Å². The number of phenols is 2. The first-order valence-corrected chi connectivity index (χ1v) is 14.0. The third-order valence-corrected chi connectivity index (χ3v) is 10.3. The molecule has 2 fully saturated rings. The maximum Gasteiger partial charge on any atom is 0.342 e. The first-order chi connectivity index (χ1) is 16.9. The molecule has 198 valence electrons. The standard InChI is InChI=1S/C32H46O4/c1-8-9-10-11-21-17-25(33)28(24-16-20(4)12-13-23(24)19(2)3)29(34)27(21)30(35)36-26-18-22-14-15-32(26,7)31(22,5)6/h16-17,22-24,26,33-34H,2,8-15,18H2,1,3-7H3. The molecule has 1 aromatic carbocycles. The zero-order chi connectivity index (χ0) is 26.4. The Kier molecular flexibility index (Phi) is 7.38. The Labute approximate surface area is 217 Å². The van der Waals surface area contributed by atoms with E-state index in [0.29, 0.717) is 23.5 Å². The van der Waals surface area contributed by atoms with Gasteiger partial charge in [0.15, 0.2) is 0 Å². The minimum Gasteiger partial charge on any atom is -0.507 e. The molecule has 2 N–H and O–H groups in total. The van der Waals surface area contributed by atoms with Crippen LogP contribution in [0.5, 0.6) is 11.5 Å². The molecule has 4 nitrogen and oxygen atoms in total. The number of hydrogen-bond donors (Lipinski definition) is 2. The average molecular weight is 495 g/mol. The normalized spacial score (nSPS) is 30.8. The number of carbonyl (C=O) groups excluding carboxylic acids is 1. The Morgan fingerprint density at radius 3 is 2.50 bits per heavy atom. The van der Waals surface area contributed by atoms with E-state index in [9.17, 15) is 15.0 Å². The quantitative estimate of drug-likeness (QED) is 0.217. The van der Waals surface area contributed by atoms with Gasteiger partial charge >= 0.3 is 5.97 Å². The lowest BCUT2D eigenvalue weighted by Gasteiger charge is -2.38. The molecule has 2 bridgehead atoms. The third kappa shape index (κ3) is 4.39. The lowest BCUT2D eigenvalue weighted by molar-refractivity contribution is -0.0245. The summed E-state index contributed by atoms with van der Waals surface area (Å²) in [5, 5.41) is 22.9. The summed E-state index contributed by atoms with van der Waals surface area (Å²) < 4.78 is 6.26. The van der Waals surface area contributed by atoms with Crippen molar-refractivity contribution in [3.8, 4) is 11.5 Å². The first-order valence-electron chi connectivity index (χ1n) is 14.0. The number of esters is 1. The van der Waals surface area contributed by atoms with Crippen molar-refractivity contribution in [3.63, 3.8) is 0 Å². The van der Waals surface area contributed by atoms with E-state index in [0.717, 1.165) is 50.5 Å². The molecule has 4 rings (SSSR count). The minimum absolute atomic E-state index is 0.0562. The van der Waals surface area contributed by atoms with Crippen LogP contribution in [0.4, 0.5) is 0 Å². The Hall–Kier alpha value is -2.23. The molecule has 0 aliphatic heterocycles. The highest BCUT2D eigenvalue weighted by molar-refractivity contribution is 5.95. The molecule has 0 aromatic heterocycles. The number of fused-ring (bicyclic) bond motifs is 2. The molecule has 3 aliphatic carbocycles. The van der Waals surface area contributed by atoms with Gasteiger partial charge in [0.25, 0.3) is 0 Å². The van der Waals surface area contributed by atoms with Crippen molar-refractivity contribution in [1.82, 2.24) is 0 Å². The molecule has 0 saturated heterocycles. The van der Waals surface area contributed by atoms with Gasteiger partial charge in [0.2, 0.25) is 0 Å². The van der Waals surface area contributed by atoms with Gasteiger partial charge in [-0.15, -0.1) is 0 Å². The van der Waals surface area contributed by atoms with Crippen molar-refractivity contribution >= 4 is 5.97 Å². The maximum absolute atomic E-state index is 13.8. The fourth-order valence-corrected chi connectivity index (χ4v) is 7.44. The van der Waals surface area contributed by atoms with Gasteiger partial charge in [0.1, 0.15) is 23.2 Å². The van der Waals surface area contributed by atoms with Gasteiger partial charge in [-0.05, 0) is 87.7 Å². The molecule has 4 heteroatoms. The van der Waals surface area contributed by atoms with Gasteiger partial charge in [-0.25, -0.2) is 4.79 Å². The molecular formula is C32H46O4. The van der Waals surface area contributed by atoms with E-state index < -0.39 is 5.97 Å². The van der Waals surface area contributed by atoms with Crippen LogP contribution in [-0.4, -0.2) is 22.3 Å². The molecule has 36 heavy (non-hydrogen) atoms. The zero-order valence-corrected chi connectivity index (χ0v) is 23.2. The van der Waals surface area contributed by atoms with Crippen LogP contribution in [0.3, 0.4) is 0 Å². The molecule has 0 spiro atoms. The van der Waals surface area contributed by atoms with Crippen LogP contribution in [0.2, 0.25) is 0 Å². The van der Waals surface area contributed by atoms with Crippen molar-refractivity contribution < 1.29 is 19.7 Å². The van der Waals surface area contributed by atoms with Gasteiger partial charge in [-0.1, -0.05) is 64.3 Å². The number of allylic oxidation sites excluding steroid dienone is 3. The molecule has 1 aromatic rings. The number of carbonyl (C=O) groups is 1. The fraction of sp³-hybridized carbons (Fsp3) is 0.656. The number of benzene rings is 1. The highest BCUT2D eigenvalue weighted by Gasteiger charge is 2.63. The minimum atomic E-state index is -0.446. The molecule has 3 aliphatic rings. The van der Waals surface area contributed by atoms with Gasteiger partial charge in [-0.3, -0.25) is 0 Å². The number of aromatic hydroxyl groups is 2. The van der Waals surface area contributed by atoms with Crippen LogP contribution < -0.4 is 0 Å². The van der Waals surface area contributed by atoms with Gasteiger partial charge in [-0.2, -0.15) is 0 Å². The number of hydrogen-bond acceptors (Lipinski definition) is 4. The van der Waals surface area contributed by atoms with Crippen LogP contribution in [0.15, 0.2) is 29.9 Å². The second kappa shape index (κ2) is 9.91. The Bertz CT molecular complexity index is 1060. The smallest absolute Gasteiger partial charge is 0.342 e. The summed E-state index contributed by atoms with van der Waals surface area (Å²) in [5.41, 5.74) is 3.69. The molecule has 0 radical (unpaired) electrons. The fourth-order valence-electron chi connectivity index (χ4n) is 7.44. The molecule has 0 amide bonds. The van der Waals surface area contributed by atoms with E-state index in [-0.39, 0.29) is 45.8 Å². The summed E-state index contributed by atoms with van der Waals surface area (Å²) in [6.07, 6.45) is 10.6. The number of aryl methyl sites for hydroxylation is 1. The highest BCUT2D eigenvalue weighted by atomic mass is 16.5. The van der Waals surface area contributed by atoms with Crippen LogP contribution in [-0.2, 0) is 11.2 Å². The summed E-state index contributed by atoms with van der Waals surface area (Å²) in [4.78, 5) is 13.8. The topological polar surface area (TPSA) is 66.8 Å². The summed E-state index contributed by atoms with van der Waals surface area (Å²) in [5.74, 6) is -0.0535. The van der Waals surface area contributed by atoms with Crippen LogP contribution in [0.1, 0.15) is 120 Å². The number of phenolic OH excluding ortho intramolecular Hbond substituents is 2. The molecule has 0 heterocycles. The Balaban J connectivity index is 1.75. The number of unbranched alkanes of at least 4 members (excludes halogenated alkanes) is 2. The molecule has 5 unspecified atom stereocenters. The second-order valence-electron chi connectivity index (χ2n) is 12.7. The van der Waals surface area contributed by atoms with Crippen molar-refractivity contribution in [1.29, 1.82) is 0 Å². The van der Waals surface area contributed by atoms with Crippen LogP contribution in [0.25, 0.3) is 0 Å². The van der Waals surface area contributed by atoms with Crippen LogP contribution in [0, 0.1) is 22.7 Å². The summed E-state index contributed by atoms with van der Waals surface area (Å²) in [6.45, 7) is 17.3. The van der Waals surface area contributed by atoms with E-state index in [4.69, 9.17) is 4.74 Å². The molecule has 5 atom stereocenters. The summed E-state index contributed by atoms with van der Waals surface area (Å²) in [7, 11) is 0. The summed E-state index contributed by atoms with van der Waals surface area (Å²) >= 11 is 0. The van der Waals surface area contributed by atoms with E-state index in [1.165, 1.54) is 12.0 Å². The van der Waals surface area contributed by atoms with Crippen molar-refractivity contribution in [2.24, 2.45) is 22.7 Å². The lowest BCUT2D eigenvalue weighted by Crippen LogP contribution is -2.38. The van der Waals surface area contributed by atoms with Crippen molar-refractivity contribution in [3.05, 3.63) is 46.6 Å². The van der Waals surface area contributed by atoms with Crippen molar-refractivity contribution in [2.45, 2.75) is 111 Å². The largest absolute Gasteiger partial charge is 0.507 e. The zero-order valence-electron chi connectivity index (χ0n) is 23.2. The number of rotatable bonds is 8. The second-order valence-corrected chi connectivity index (χ2v) is 12.7. The maximum atomic E-state index is 13.8. The van der Waals surface area contributed by atoms with Gasteiger partial charge < -0.3 is 14.9 Å². The van der Waals surface area contributed by atoms with E-state index in [2.05, 4.69) is 47.3 Å². The lowest BCUT2D eigenvalue weighted by atomic mass is 9.70. The predicted octanol–water partition coefficient (Wildman–Crippen LogP) is 8.22. The van der Waals surface area contributed by atoms with Crippen LogP contribution >= 0.6 is 0 Å². The average Bonchev–Trinajstić information content (AvgIpc) is 3.12. The van der Waals surface area contributed by atoms with Crippen molar-refractivity contribution in [2.75, 3.05) is 0 Å². The summed E-state index contributed by atoms with van der Waals surface area (Å²) in [6, 6.07) is 1.71. The van der Waals surface area contributed by atoms with E-state index >= 15 is 0 Å². The molecule has 2 saturated carbocycles. The Morgan fingerprint density at radius 1 is 1.19 bits per heavy atom. The van der Waals surface area contributed by atoms with Gasteiger partial charge in [0, 0.05) is 16.9 Å². The SMILES string of the molecule is C=C(C)C1CCC(C)=CC1c1c(O)cc(CCCCC)c(C(=O)OC2CC3CCC2(C)C3(C)C)c1O. The monoisotopic (exact) mass is 494 g/mol. The highest BCUT2D eigenvalue weighted by Crippen LogP contribution is 2.66. The first kappa shape index (κ1) is 26.8. The third-order valence-electron chi connectivity index (χ3n) is 10.3. The van der Waals surface area contributed by atoms with E-state index in [1.807, 2.05) is 6.92 Å². The van der Waals surface area contributed by atoms with E-state index in [1.54, 1.807) is 6.07 Å². The Morgan fingerprint density at radius 2 is 1.92 bits per heavy atom.